The summed E-state index contributed by atoms with van der Waals surface area (Å²) in [5.74, 6) is -1.31. The Morgan fingerprint density at radius 2 is 1.55 bits per heavy atom. The van der Waals surface area contributed by atoms with Crippen molar-refractivity contribution in [2.24, 2.45) is 0 Å². The number of carbonyl (C=O) groups is 4. The molecular weight excluding hydrogens is 576 g/mol. The van der Waals surface area contributed by atoms with Crippen molar-refractivity contribution in [2.75, 3.05) is 4.90 Å². The minimum Gasteiger partial charge on any atom is -0.352 e. The first-order valence-corrected chi connectivity index (χ1v) is 12.9. The summed E-state index contributed by atoms with van der Waals surface area (Å²) >= 11 is 9.38. The molecule has 0 saturated carbocycles. The first kappa shape index (κ1) is 27.3. The topological polar surface area (TPSA) is 119 Å². The fraction of sp³-hybridized carbons (Fsp3) is 0.185. The molecule has 0 bridgehead atoms. The number of carbonyl (C=O) groups excluding carboxylic acids is 4. The monoisotopic (exact) mass is 598 g/mol. The Bertz CT molecular complexity index is 1330. The van der Waals surface area contributed by atoms with Crippen molar-refractivity contribution < 1.29 is 24.4 Å². The van der Waals surface area contributed by atoms with Crippen LogP contribution in [0.1, 0.15) is 34.3 Å². The second-order valence-electron chi connectivity index (χ2n) is 8.66. The van der Waals surface area contributed by atoms with Crippen LogP contribution in [0.2, 0.25) is 5.02 Å². The maximum atomic E-state index is 13.4. The Labute approximate surface area is 232 Å². The van der Waals surface area contributed by atoms with Crippen molar-refractivity contribution in [3.05, 3.63) is 99.0 Å². The van der Waals surface area contributed by atoms with Crippen LogP contribution in [0, 0.1) is 0 Å². The van der Waals surface area contributed by atoms with Gasteiger partial charge in [-0.25, -0.2) is 15.2 Å². The number of hydrogen-bond acceptors (Lipinski definition) is 5. The smallest absolute Gasteiger partial charge is 0.332 e. The molecule has 3 aromatic carbocycles. The van der Waals surface area contributed by atoms with Gasteiger partial charge in [-0.05, 0) is 66.1 Å². The van der Waals surface area contributed by atoms with Crippen LogP contribution in [0.15, 0.2) is 77.3 Å². The summed E-state index contributed by atoms with van der Waals surface area (Å²) in [5.41, 5.74) is 3.86. The number of anilines is 1. The molecule has 0 radical (unpaired) electrons. The highest BCUT2D eigenvalue weighted by molar-refractivity contribution is 9.10. The minimum absolute atomic E-state index is 0.0278. The predicted molar refractivity (Wildman–Crippen MR) is 145 cm³/mol. The Balaban J connectivity index is 1.44. The Morgan fingerprint density at radius 1 is 0.921 bits per heavy atom. The van der Waals surface area contributed by atoms with Crippen LogP contribution >= 0.6 is 27.5 Å². The van der Waals surface area contributed by atoms with E-state index in [9.17, 15) is 19.2 Å². The van der Waals surface area contributed by atoms with Crippen molar-refractivity contribution >= 4 is 57.0 Å². The molecule has 3 aromatic rings. The first-order valence-electron chi connectivity index (χ1n) is 11.7. The zero-order valence-electron chi connectivity index (χ0n) is 20.1. The van der Waals surface area contributed by atoms with E-state index in [-0.39, 0.29) is 37.4 Å². The Kier molecular flexibility index (Phi) is 8.77. The molecule has 0 aromatic heterocycles. The molecule has 5 amide bonds. The number of amides is 5. The first-order chi connectivity index (χ1) is 18.3. The van der Waals surface area contributed by atoms with E-state index in [0.717, 1.165) is 20.5 Å². The van der Waals surface area contributed by atoms with Crippen LogP contribution in [0.4, 0.5) is 10.5 Å². The molecule has 1 saturated heterocycles. The van der Waals surface area contributed by atoms with Gasteiger partial charge in [0, 0.05) is 34.6 Å². The zero-order valence-corrected chi connectivity index (χ0v) is 22.4. The van der Waals surface area contributed by atoms with Gasteiger partial charge in [0.2, 0.25) is 5.91 Å². The number of halogens is 2. The van der Waals surface area contributed by atoms with Crippen molar-refractivity contribution in [1.29, 1.82) is 0 Å². The number of urea groups is 1. The zero-order chi connectivity index (χ0) is 27.2. The van der Waals surface area contributed by atoms with Crippen molar-refractivity contribution in [3.8, 4) is 0 Å². The Hall–Kier alpha value is -3.73. The van der Waals surface area contributed by atoms with E-state index in [1.165, 1.54) is 17.0 Å². The summed E-state index contributed by atoms with van der Waals surface area (Å²) in [7, 11) is 0. The molecule has 1 unspecified atom stereocenters. The summed E-state index contributed by atoms with van der Waals surface area (Å²) < 4.78 is 0.896. The largest absolute Gasteiger partial charge is 0.352 e. The van der Waals surface area contributed by atoms with E-state index in [0.29, 0.717) is 10.7 Å². The number of imide groups is 1. The maximum Gasteiger partial charge on any atom is 0.332 e. The van der Waals surface area contributed by atoms with Crippen LogP contribution in [0.25, 0.3) is 0 Å². The third kappa shape index (κ3) is 6.39. The number of rotatable bonds is 9. The fourth-order valence-electron chi connectivity index (χ4n) is 4.11. The highest BCUT2D eigenvalue weighted by Crippen LogP contribution is 2.30. The molecule has 11 heteroatoms. The second-order valence-corrected chi connectivity index (χ2v) is 10.0. The molecule has 1 fully saturated rings. The average molecular weight is 600 g/mol. The average Bonchev–Trinajstić information content (AvgIpc) is 3.16. The molecule has 196 valence electrons. The van der Waals surface area contributed by atoms with Gasteiger partial charge in [0.15, 0.2) is 0 Å². The predicted octanol–water partition coefficient (Wildman–Crippen LogP) is 4.66. The van der Waals surface area contributed by atoms with E-state index in [2.05, 4.69) is 21.2 Å². The third-order valence-corrected chi connectivity index (χ3v) is 6.90. The lowest BCUT2D eigenvalue weighted by Gasteiger charge is -2.22. The summed E-state index contributed by atoms with van der Waals surface area (Å²) in [6, 6.07) is 19.0. The van der Waals surface area contributed by atoms with Crippen molar-refractivity contribution in [3.63, 3.8) is 0 Å². The summed E-state index contributed by atoms with van der Waals surface area (Å²) in [5, 5.41) is 12.0. The molecule has 1 aliphatic rings. The number of nitrogens with one attached hydrogen (secondary N) is 2. The van der Waals surface area contributed by atoms with E-state index >= 15 is 0 Å². The number of nitrogens with zero attached hydrogens (tertiary/aromatic N) is 2. The Morgan fingerprint density at radius 3 is 2.18 bits per heavy atom. The van der Waals surface area contributed by atoms with Crippen LogP contribution in [-0.4, -0.2) is 39.9 Å². The lowest BCUT2D eigenvalue weighted by atomic mass is 10.1. The fourth-order valence-corrected chi connectivity index (χ4v) is 4.50. The SMILES string of the molecule is O=C(CCC1C(=O)N(c2ccc(Cl)cc2)C(=O)N1Cc1ccc(Br)cc1)NCc1ccc(C(=O)NO)cc1. The van der Waals surface area contributed by atoms with Gasteiger partial charge < -0.3 is 10.2 Å². The molecule has 0 spiro atoms. The van der Waals surface area contributed by atoms with Gasteiger partial charge in [-0.2, -0.15) is 0 Å². The van der Waals surface area contributed by atoms with E-state index in [4.69, 9.17) is 16.8 Å². The molecule has 1 aliphatic heterocycles. The van der Waals surface area contributed by atoms with Gasteiger partial charge in [-0.3, -0.25) is 19.6 Å². The van der Waals surface area contributed by atoms with Crippen LogP contribution < -0.4 is 15.7 Å². The molecule has 0 aliphatic carbocycles. The highest BCUT2D eigenvalue weighted by Gasteiger charge is 2.45. The summed E-state index contributed by atoms with van der Waals surface area (Å²) in [6.45, 7) is 0.429. The van der Waals surface area contributed by atoms with Gasteiger partial charge >= 0.3 is 6.03 Å². The normalized spacial score (nSPS) is 15.1. The minimum atomic E-state index is -0.816. The van der Waals surface area contributed by atoms with Crippen LogP contribution in [0.5, 0.6) is 0 Å². The number of hydroxylamine groups is 1. The molecule has 1 heterocycles. The lowest BCUT2D eigenvalue weighted by Crippen LogP contribution is -2.36. The summed E-state index contributed by atoms with van der Waals surface area (Å²) in [4.78, 5) is 53.4. The quantitative estimate of drug-likeness (QED) is 0.188. The molecule has 9 nitrogen and oxygen atoms in total. The molecule has 38 heavy (non-hydrogen) atoms. The second kappa shape index (κ2) is 12.2. The number of benzene rings is 3. The molecular formula is C27H24BrClN4O5. The maximum absolute atomic E-state index is 13.4. The molecule has 4 rings (SSSR count). The number of hydrogen-bond donors (Lipinski definition) is 3. The van der Waals surface area contributed by atoms with Crippen molar-refractivity contribution in [1.82, 2.24) is 15.7 Å². The van der Waals surface area contributed by atoms with E-state index in [1.54, 1.807) is 41.9 Å². The van der Waals surface area contributed by atoms with Crippen molar-refractivity contribution in [2.45, 2.75) is 32.0 Å². The van der Waals surface area contributed by atoms with Gasteiger partial charge in [-0.15, -0.1) is 0 Å². The molecule has 3 N–H and O–H groups in total. The van der Waals surface area contributed by atoms with Gasteiger partial charge in [0.1, 0.15) is 6.04 Å². The van der Waals surface area contributed by atoms with E-state index < -0.39 is 23.9 Å². The highest BCUT2D eigenvalue weighted by atomic mass is 79.9. The van der Waals surface area contributed by atoms with E-state index in [1.807, 2.05) is 24.3 Å². The van der Waals surface area contributed by atoms with Gasteiger partial charge in [0.05, 0.1) is 5.69 Å². The van der Waals surface area contributed by atoms with Crippen LogP contribution in [-0.2, 0) is 22.7 Å². The standard InChI is InChI=1S/C27H24BrClN4O5/c28-20-7-3-18(4-8-20)16-32-23(26(36)33(27(32)37)22-11-9-21(29)10-12-22)13-14-24(34)30-15-17-1-5-19(6-2-17)25(35)31-38/h1-12,23,38H,13-16H2,(H,30,34)(H,31,35). The molecule has 1 atom stereocenters. The van der Waals surface area contributed by atoms with Crippen LogP contribution in [0.3, 0.4) is 0 Å². The van der Waals surface area contributed by atoms with Gasteiger partial charge in [0.25, 0.3) is 11.8 Å². The third-order valence-electron chi connectivity index (χ3n) is 6.12. The lowest BCUT2D eigenvalue weighted by molar-refractivity contribution is -0.122. The van der Waals surface area contributed by atoms with Gasteiger partial charge in [-0.1, -0.05) is 51.8 Å². The summed E-state index contributed by atoms with van der Waals surface area (Å²) in [6.07, 6.45) is 0.173.